The topological polar surface area (TPSA) is 70.2 Å². The Morgan fingerprint density at radius 3 is 2.54 bits per heavy atom. The first-order chi connectivity index (χ1) is 11.0. The lowest BCUT2D eigenvalue weighted by Gasteiger charge is -2.28. The van der Waals surface area contributed by atoms with Crippen molar-refractivity contribution >= 4 is 35.6 Å². The summed E-state index contributed by atoms with van der Waals surface area (Å²) in [6.45, 7) is 7.68. The van der Waals surface area contributed by atoms with E-state index in [1.807, 2.05) is 25.1 Å². The molecule has 1 aliphatic rings. The number of carbonyl (C=O) groups excluding carboxylic acids is 2. The van der Waals surface area contributed by atoms with Gasteiger partial charge in [0.1, 0.15) is 0 Å². The zero-order valence-corrected chi connectivity index (χ0v) is 15.5. The van der Waals surface area contributed by atoms with Crippen molar-refractivity contribution in [1.82, 2.24) is 5.32 Å². The van der Waals surface area contributed by atoms with Crippen LogP contribution in [-0.4, -0.2) is 24.9 Å². The molecule has 0 saturated carbocycles. The van der Waals surface area contributed by atoms with Crippen molar-refractivity contribution in [3.63, 3.8) is 0 Å². The molecular formula is C18H28ClN3O2. The third kappa shape index (κ3) is 6.13. The number of anilines is 2. The molecule has 1 fully saturated rings. The number of nitrogens with one attached hydrogen (secondary N) is 3. The number of carbonyl (C=O) groups is 2. The first-order valence-electron chi connectivity index (χ1n) is 8.34. The van der Waals surface area contributed by atoms with Gasteiger partial charge in [-0.05, 0) is 62.4 Å². The molecule has 0 aliphatic carbocycles. The molecule has 134 valence electrons. The SMILES string of the molecule is CC(=O)Nc1ccc(C)c(NC(=O)CC(C)C2CCNCC2)c1.Cl. The summed E-state index contributed by atoms with van der Waals surface area (Å²) in [4.78, 5) is 23.5. The molecule has 0 aromatic heterocycles. The molecule has 0 spiro atoms. The van der Waals surface area contributed by atoms with Gasteiger partial charge < -0.3 is 16.0 Å². The van der Waals surface area contributed by atoms with Crippen LogP contribution in [0.1, 0.15) is 38.7 Å². The number of halogens is 1. The van der Waals surface area contributed by atoms with E-state index >= 15 is 0 Å². The van der Waals surface area contributed by atoms with E-state index in [1.54, 1.807) is 0 Å². The van der Waals surface area contributed by atoms with Crippen LogP contribution in [0.5, 0.6) is 0 Å². The molecule has 3 N–H and O–H groups in total. The second-order valence-corrected chi connectivity index (χ2v) is 6.53. The predicted molar refractivity (Wildman–Crippen MR) is 101 cm³/mol. The van der Waals surface area contributed by atoms with Gasteiger partial charge >= 0.3 is 0 Å². The number of piperidine rings is 1. The molecule has 1 atom stereocenters. The number of benzene rings is 1. The van der Waals surface area contributed by atoms with Gasteiger partial charge in [-0.2, -0.15) is 0 Å². The fourth-order valence-electron chi connectivity index (χ4n) is 3.11. The zero-order valence-electron chi connectivity index (χ0n) is 14.6. The third-order valence-corrected chi connectivity index (χ3v) is 4.53. The Morgan fingerprint density at radius 1 is 1.25 bits per heavy atom. The van der Waals surface area contributed by atoms with Crippen molar-refractivity contribution in [2.24, 2.45) is 11.8 Å². The summed E-state index contributed by atoms with van der Waals surface area (Å²) in [6.07, 6.45) is 2.82. The standard InChI is InChI=1S/C18H27N3O2.ClH/c1-12-4-5-16(20-14(3)22)11-17(12)21-18(23)10-13(2)15-6-8-19-9-7-15;/h4-5,11,13,15,19H,6-10H2,1-3H3,(H,20,22)(H,21,23);1H. The maximum Gasteiger partial charge on any atom is 0.224 e. The number of hydrogen-bond acceptors (Lipinski definition) is 3. The minimum atomic E-state index is -0.120. The molecule has 1 unspecified atom stereocenters. The van der Waals surface area contributed by atoms with E-state index in [0.717, 1.165) is 37.2 Å². The molecule has 2 rings (SSSR count). The Labute approximate surface area is 150 Å². The fourth-order valence-corrected chi connectivity index (χ4v) is 3.11. The van der Waals surface area contributed by atoms with Crippen molar-refractivity contribution in [3.8, 4) is 0 Å². The Bertz CT molecular complexity index is 571. The van der Waals surface area contributed by atoms with Crippen LogP contribution in [-0.2, 0) is 9.59 Å². The van der Waals surface area contributed by atoms with Gasteiger partial charge in [-0.3, -0.25) is 9.59 Å². The smallest absolute Gasteiger partial charge is 0.224 e. The Hall–Kier alpha value is -1.59. The zero-order chi connectivity index (χ0) is 16.8. The number of hydrogen-bond donors (Lipinski definition) is 3. The first kappa shape index (κ1) is 20.5. The quantitative estimate of drug-likeness (QED) is 0.760. The van der Waals surface area contributed by atoms with E-state index in [1.165, 1.54) is 6.92 Å². The second kappa shape index (κ2) is 9.64. The first-order valence-corrected chi connectivity index (χ1v) is 8.34. The highest BCUT2D eigenvalue weighted by Gasteiger charge is 2.22. The monoisotopic (exact) mass is 353 g/mol. The van der Waals surface area contributed by atoms with Gasteiger partial charge in [0.05, 0.1) is 0 Å². The van der Waals surface area contributed by atoms with Crippen LogP contribution in [0.2, 0.25) is 0 Å². The van der Waals surface area contributed by atoms with Crippen LogP contribution < -0.4 is 16.0 Å². The van der Waals surface area contributed by atoms with Gasteiger partial charge in [0, 0.05) is 24.7 Å². The van der Waals surface area contributed by atoms with Crippen LogP contribution in [0.4, 0.5) is 11.4 Å². The molecule has 1 aromatic carbocycles. The predicted octanol–water partition coefficient (Wildman–Crippen LogP) is 3.34. The maximum absolute atomic E-state index is 12.3. The van der Waals surface area contributed by atoms with Gasteiger partial charge in [-0.15, -0.1) is 12.4 Å². The highest BCUT2D eigenvalue weighted by atomic mass is 35.5. The number of rotatable bonds is 5. The average Bonchev–Trinajstić information content (AvgIpc) is 2.51. The second-order valence-electron chi connectivity index (χ2n) is 6.53. The molecular weight excluding hydrogens is 326 g/mol. The normalized spacial score (nSPS) is 16.0. The number of aryl methyl sites for hydroxylation is 1. The lowest BCUT2D eigenvalue weighted by molar-refractivity contribution is -0.117. The van der Waals surface area contributed by atoms with E-state index in [4.69, 9.17) is 0 Å². The molecule has 1 heterocycles. The van der Waals surface area contributed by atoms with Crippen LogP contribution in [0, 0.1) is 18.8 Å². The molecule has 1 saturated heterocycles. The summed E-state index contributed by atoms with van der Waals surface area (Å²) in [5.41, 5.74) is 2.45. The lowest BCUT2D eigenvalue weighted by Crippen LogP contribution is -2.32. The van der Waals surface area contributed by atoms with E-state index in [0.29, 0.717) is 23.9 Å². The molecule has 6 heteroatoms. The van der Waals surface area contributed by atoms with E-state index < -0.39 is 0 Å². The van der Waals surface area contributed by atoms with E-state index in [2.05, 4.69) is 22.9 Å². The van der Waals surface area contributed by atoms with Crippen molar-refractivity contribution < 1.29 is 9.59 Å². The summed E-state index contributed by atoms with van der Waals surface area (Å²) in [5, 5.41) is 9.09. The Morgan fingerprint density at radius 2 is 1.92 bits per heavy atom. The molecule has 5 nitrogen and oxygen atoms in total. The van der Waals surface area contributed by atoms with E-state index in [9.17, 15) is 9.59 Å². The lowest BCUT2D eigenvalue weighted by atomic mass is 9.84. The van der Waals surface area contributed by atoms with Gasteiger partial charge in [-0.25, -0.2) is 0 Å². The van der Waals surface area contributed by atoms with Gasteiger partial charge in [-0.1, -0.05) is 13.0 Å². The van der Waals surface area contributed by atoms with E-state index in [-0.39, 0.29) is 24.2 Å². The van der Waals surface area contributed by atoms with Gasteiger partial charge in [0.2, 0.25) is 11.8 Å². The molecule has 1 aliphatic heterocycles. The summed E-state index contributed by atoms with van der Waals surface area (Å²) in [6, 6.07) is 5.55. The van der Waals surface area contributed by atoms with Gasteiger partial charge in [0.15, 0.2) is 0 Å². The molecule has 0 radical (unpaired) electrons. The molecule has 2 amide bonds. The van der Waals surface area contributed by atoms with Crippen molar-refractivity contribution in [3.05, 3.63) is 23.8 Å². The average molecular weight is 354 g/mol. The Balaban J connectivity index is 0.00000288. The third-order valence-electron chi connectivity index (χ3n) is 4.53. The summed E-state index contributed by atoms with van der Waals surface area (Å²) >= 11 is 0. The summed E-state index contributed by atoms with van der Waals surface area (Å²) < 4.78 is 0. The highest BCUT2D eigenvalue weighted by Crippen LogP contribution is 2.26. The van der Waals surface area contributed by atoms with Crippen LogP contribution in [0.25, 0.3) is 0 Å². The molecule has 0 bridgehead atoms. The Kier molecular flexibility index (Phi) is 8.22. The maximum atomic E-state index is 12.3. The molecule has 1 aromatic rings. The van der Waals surface area contributed by atoms with Crippen molar-refractivity contribution in [1.29, 1.82) is 0 Å². The van der Waals surface area contributed by atoms with Crippen LogP contribution >= 0.6 is 12.4 Å². The van der Waals surface area contributed by atoms with Gasteiger partial charge in [0.25, 0.3) is 0 Å². The minimum absolute atomic E-state index is 0. The van der Waals surface area contributed by atoms with Crippen molar-refractivity contribution in [2.75, 3.05) is 23.7 Å². The molecule has 24 heavy (non-hydrogen) atoms. The summed E-state index contributed by atoms with van der Waals surface area (Å²) in [7, 11) is 0. The largest absolute Gasteiger partial charge is 0.326 e. The highest BCUT2D eigenvalue weighted by molar-refractivity contribution is 5.94. The number of amides is 2. The fraction of sp³-hybridized carbons (Fsp3) is 0.556. The van der Waals surface area contributed by atoms with Crippen LogP contribution in [0.15, 0.2) is 18.2 Å². The van der Waals surface area contributed by atoms with Crippen LogP contribution in [0.3, 0.4) is 0 Å². The minimum Gasteiger partial charge on any atom is -0.326 e. The summed E-state index contributed by atoms with van der Waals surface area (Å²) in [5.74, 6) is 0.925. The van der Waals surface area contributed by atoms with Crippen molar-refractivity contribution in [2.45, 2.75) is 40.0 Å².